The fourth-order valence-corrected chi connectivity index (χ4v) is 2.41. The number of para-hydroxylation sites is 1. The van der Waals surface area contributed by atoms with Crippen molar-refractivity contribution >= 4 is 21.6 Å². The number of nitrogens with one attached hydrogen (secondary N) is 1. The zero-order valence-corrected chi connectivity index (χ0v) is 12.8. The summed E-state index contributed by atoms with van der Waals surface area (Å²) in [4.78, 5) is 10.5. The number of nitrogens with zero attached hydrogens (tertiary/aromatic N) is 1. The van der Waals surface area contributed by atoms with Gasteiger partial charge in [-0.2, -0.15) is 0 Å². The first-order chi connectivity index (χ1) is 10.1. The molecule has 0 aliphatic carbocycles. The van der Waals surface area contributed by atoms with Crippen LogP contribution in [0.15, 0.2) is 46.9 Å². The average Bonchev–Trinajstić information content (AvgIpc) is 2.47. The number of hydrogen-bond donors (Lipinski definition) is 1. The van der Waals surface area contributed by atoms with Crippen LogP contribution < -0.4 is 5.32 Å². The standard InChI is InChI=1S/C15H14BrFN2O2/c16-14-6-5-13(17)9-12(14)10-18-8-7-11-3-1-2-4-15(11)19(20)21/h1-6,9,18H,7-8,10H2. The second kappa shape index (κ2) is 7.28. The van der Waals surface area contributed by atoms with Crippen molar-refractivity contribution in [3.8, 4) is 0 Å². The Hall–Kier alpha value is -1.79. The fourth-order valence-electron chi connectivity index (χ4n) is 2.03. The molecule has 2 aromatic rings. The van der Waals surface area contributed by atoms with E-state index in [1.54, 1.807) is 24.3 Å². The Kier molecular flexibility index (Phi) is 5.41. The van der Waals surface area contributed by atoms with Crippen molar-refractivity contribution in [2.75, 3.05) is 6.54 Å². The highest BCUT2D eigenvalue weighted by Crippen LogP contribution is 2.19. The number of benzene rings is 2. The lowest BCUT2D eigenvalue weighted by molar-refractivity contribution is -0.385. The van der Waals surface area contributed by atoms with Crippen molar-refractivity contribution in [3.63, 3.8) is 0 Å². The Bertz CT molecular complexity index is 649. The molecule has 2 aromatic carbocycles. The van der Waals surface area contributed by atoms with Crippen molar-refractivity contribution in [1.29, 1.82) is 0 Å². The molecular weight excluding hydrogens is 339 g/mol. The predicted molar refractivity (Wildman–Crippen MR) is 82.6 cm³/mol. The first kappa shape index (κ1) is 15.6. The SMILES string of the molecule is O=[N+]([O-])c1ccccc1CCNCc1cc(F)ccc1Br. The monoisotopic (exact) mass is 352 g/mol. The van der Waals surface area contributed by atoms with Gasteiger partial charge in [-0.05, 0) is 36.7 Å². The number of nitro benzene ring substituents is 1. The van der Waals surface area contributed by atoms with E-state index >= 15 is 0 Å². The smallest absolute Gasteiger partial charge is 0.272 e. The number of halogens is 2. The number of nitro groups is 1. The van der Waals surface area contributed by atoms with Crippen molar-refractivity contribution in [3.05, 3.63) is 74.0 Å². The highest BCUT2D eigenvalue weighted by Gasteiger charge is 2.11. The van der Waals surface area contributed by atoms with Crippen molar-refractivity contribution in [1.82, 2.24) is 5.32 Å². The van der Waals surface area contributed by atoms with E-state index in [1.807, 2.05) is 0 Å². The van der Waals surface area contributed by atoms with Crippen molar-refractivity contribution < 1.29 is 9.31 Å². The number of rotatable bonds is 6. The van der Waals surface area contributed by atoms with E-state index in [0.717, 1.165) is 10.0 Å². The maximum atomic E-state index is 13.1. The molecule has 110 valence electrons. The molecule has 0 atom stereocenters. The van der Waals surface area contributed by atoms with Crippen LogP contribution in [-0.4, -0.2) is 11.5 Å². The maximum Gasteiger partial charge on any atom is 0.272 e. The Morgan fingerprint density at radius 3 is 2.71 bits per heavy atom. The Morgan fingerprint density at radius 1 is 1.19 bits per heavy atom. The largest absolute Gasteiger partial charge is 0.312 e. The van der Waals surface area contributed by atoms with Gasteiger partial charge < -0.3 is 5.32 Å². The summed E-state index contributed by atoms with van der Waals surface area (Å²) >= 11 is 3.36. The summed E-state index contributed by atoms with van der Waals surface area (Å²) in [6, 6.07) is 11.2. The second-order valence-corrected chi connectivity index (χ2v) is 5.40. The zero-order chi connectivity index (χ0) is 15.2. The number of hydrogen-bond acceptors (Lipinski definition) is 3. The molecule has 21 heavy (non-hydrogen) atoms. The quantitative estimate of drug-likeness (QED) is 0.488. The van der Waals surface area contributed by atoms with E-state index in [2.05, 4.69) is 21.2 Å². The predicted octanol–water partition coefficient (Wildman–Crippen LogP) is 3.83. The average molecular weight is 353 g/mol. The van der Waals surface area contributed by atoms with E-state index in [4.69, 9.17) is 0 Å². The van der Waals surface area contributed by atoms with Gasteiger partial charge >= 0.3 is 0 Å². The van der Waals surface area contributed by atoms with Crippen LogP contribution in [0.25, 0.3) is 0 Å². The molecule has 1 N–H and O–H groups in total. The fraction of sp³-hybridized carbons (Fsp3) is 0.200. The molecule has 6 heteroatoms. The first-order valence-electron chi connectivity index (χ1n) is 6.45. The minimum atomic E-state index is -0.376. The van der Waals surface area contributed by atoms with Crippen LogP contribution in [0.4, 0.5) is 10.1 Å². The Morgan fingerprint density at radius 2 is 1.95 bits per heavy atom. The van der Waals surface area contributed by atoms with Crippen molar-refractivity contribution in [2.45, 2.75) is 13.0 Å². The summed E-state index contributed by atoms with van der Waals surface area (Å²) in [6.07, 6.45) is 0.546. The third-order valence-corrected chi connectivity index (χ3v) is 3.86. The summed E-state index contributed by atoms with van der Waals surface area (Å²) in [7, 11) is 0. The van der Waals surface area contributed by atoms with Crippen LogP contribution in [0.3, 0.4) is 0 Å². The first-order valence-corrected chi connectivity index (χ1v) is 7.24. The van der Waals surface area contributed by atoms with E-state index in [-0.39, 0.29) is 16.4 Å². The van der Waals surface area contributed by atoms with Gasteiger partial charge in [-0.3, -0.25) is 10.1 Å². The van der Waals surface area contributed by atoms with E-state index in [0.29, 0.717) is 25.1 Å². The van der Waals surface area contributed by atoms with Gasteiger partial charge in [0, 0.05) is 22.6 Å². The molecule has 0 radical (unpaired) electrons. The van der Waals surface area contributed by atoms with Crippen LogP contribution in [0, 0.1) is 15.9 Å². The van der Waals surface area contributed by atoms with Gasteiger partial charge in [0.05, 0.1) is 4.92 Å². The summed E-state index contributed by atoms with van der Waals surface area (Å²) in [5, 5.41) is 14.1. The van der Waals surface area contributed by atoms with Gasteiger partial charge in [0.15, 0.2) is 0 Å². The van der Waals surface area contributed by atoms with E-state index in [9.17, 15) is 14.5 Å². The normalized spacial score (nSPS) is 10.6. The lowest BCUT2D eigenvalue weighted by Crippen LogP contribution is -2.17. The topological polar surface area (TPSA) is 55.2 Å². The van der Waals surface area contributed by atoms with E-state index < -0.39 is 0 Å². The molecule has 0 aliphatic heterocycles. The van der Waals surface area contributed by atoms with Crippen LogP contribution in [0.1, 0.15) is 11.1 Å². The molecule has 2 rings (SSSR count). The maximum absolute atomic E-state index is 13.1. The lowest BCUT2D eigenvalue weighted by Gasteiger charge is -2.07. The summed E-state index contributed by atoms with van der Waals surface area (Å²) in [5.41, 5.74) is 1.64. The molecule has 0 saturated carbocycles. The van der Waals surface area contributed by atoms with Crippen LogP contribution in [0.5, 0.6) is 0 Å². The molecule has 4 nitrogen and oxygen atoms in total. The van der Waals surface area contributed by atoms with E-state index in [1.165, 1.54) is 18.2 Å². The van der Waals surface area contributed by atoms with Gasteiger partial charge in [0.25, 0.3) is 5.69 Å². The molecule has 0 fully saturated rings. The Labute approximate surface area is 130 Å². The molecule has 0 aliphatic rings. The molecular formula is C15H14BrFN2O2. The minimum absolute atomic E-state index is 0.131. The molecule has 0 spiro atoms. The van der Waals surface area contributed by atoms with Crippen LogP contribution >= 0.6 is 15.9 Å². The van der Waals surface area contributed by atoms with Gasteiger partial charge in [-0.25, -0.2) is 4.39 Å². The highest BCUT2D eigenvalue weighted by atomic mass is 79.9. The van der Waals surface area contributed by atoms with Gasteiger partial charge in [-0.1, -0.05) is 34.1 Å². The molecule has 0 saturated heterocycles. The molecule has 0 bridgehead atoms. The van der Waals surface area contributed by atoms with Crippen molar-refractivity contribution in [2.24, 2.45) is 0 Å². The summed E-state index contributed by atoms with van der Waals surface area (Å²) in [6.45, 7) is 1.08. The summed E-state index contributed by atoms with van der Waals surface area (Å²) in [5.74, 6) is -0.284. The minimum Gasteiger partial charge on any atom is -0.312 e. The van der Waals surface area contributed by atoms with Gasteiger partial charge in [-0.15, -0.1) is 0 Å². The van der Waals surface area contributed by atoms with Gasteiger partial charge in [0.2, 0.25) is 0 Å². The van der Waals surface area contributed by atoms with Crippen LogP contribution in [0.2, 0.25) is 0 Å². The summed E-state index contributed by atoms with van der Waals surface area (Å²) < 4.78 is 14.0. The lowest BCUT2D eigenvalue weighted by atomic mass is 10.1. The molecule has 0 heterocycles. The van der Waals surface area contributed by atoms with Crippen LogP contribution in [-0.2, 0) is 13.0 Å². The molecule has 0 unspecified atom stereocenters. The third-order valence-electron chi connectivity index (χ3n) is 3.08. The second-order valence-electron chi connectivity index (χ2n) is 4.55. The molecule has 0 aromatic heterocycles. The zero-order valence-electron chi connectivity index (χ0n) is 11.2. The molecule has 0 amide bonds. The Balaban J connectivity index is 1.91. The van der Waals surface area contributed by atoms with Gasteiger partial charge in [0.1, 0.15) is 5.82 Å². The third kappa shape index (κ3) is 4.34. The highest BCUT2D eigenvalue weighted by molar-refractivity contribution is 9.10.